The molecule has 0 amide bonds. The monoisotopic (exact) mass is 322 g/mol. The van der Waals surface area contributed by atoms with E-state index in [4.69, 9.17) is 0 Å². The SMILES string of the molecule is Brc1cncc(CNCc2cc3c(s2)CCC3)c1. The van der Waals surface area contributed by atoms with Crippen LogP contribution < -0.4 is 5.32 Å². The summed E-state index contributed by atoms with van der Waals surface area (Å²) >= 11 is 5.41. The van der Waals surface area contributed by atoms with Gasteiger partial charge in [0, 0.05) is 39.7 Å². The maximum Gasteiger partial charge on any atom is 0.0410 e. The van der Waals surface area contributed by atoms with Crippen LogP contribution in [0.3, 0.4) is 0 Å². The number of thiophene rings is 1. The van der Waals surface area contributed by atoms with Crippen LogP contribution in [-0.4, -0.2) is 4.98 Å². The topological polar surface area (TPSA) is 24.9 Å². The van der Waals surface area contributed by atoms with Crippen molar-refractivity contribution in [1.82, 2.24) is 10.3 Å². The predicted octanol–water partition coefficient (Wildman–Crippen LogP) is 3.68. The second kappa shape index (κ2) is 5.51. The quantitative estimate of drug-likeness (QED) is 0.928. The Balaban J connectivity index is 1.55. The van der Waals surface area contributed by atoms with E-state index in [0.717, 1.165) is 17.6 Å². The third-order valence-electron chi connectivity index (χ3n) is 3.19. The number of hydrogen-bond donors (Lipinski definition) is 1. The van der Waals surface area contributed by atoms with Crippen molar-refractivity contribution in [3.63, 3.8) is 0 Å². The van der Waals surface area contributed by atoms with E-state index in [1.54, 1.807) is 10.4 Å². The van der Waals surface area contributed by atoms with Gasteiger partial charge in [-0.25, -0.2) is 0 Å². The standard InChI is InChI=1S/C14H15BrN2S/c15-12-4-10(6-16-8-12)7-17-9-13-5-11-2-1-3-14(11)18-13/h4-6,8,17H,1-3,7,9H2. The Kier molecular flexibility index (Phi) is 3.77. The van der Waals surface area contributed by atoms with E-state index in [2.05, 4.69) is 38.4 Å². The summed E-state index contributed by atoms with van der Waals surface area (Å²) in [5.74, 6) is 0. The summed E-state index contributed by atoms with van der Waals surface area (Å²) in [5.41, 5.74) is 2.80. The van der Waals surface area contributed by atoms with Gasteiger partial charge in [-0.05, 0) is 58.5 Å². The number of halogens is 1. The molecule has 4 heteroatoms. The molecule has 0 saturated carbocycles. The molecule has 0 fully saturated rings. The molecule has 0 aromatic carbocycles. The smallest absolute Gasteiger partial charge is 0.0410 e. The van der Waals surface area contributed by atoms with Crippen LogP contribution in [0.4, 0.5) is 0 Å². The first-order valence-electron chi connectivity index (χ1n) is 6.22. The summed E-state index contributed by atoms with van der Waals surface area (Å²) in [6, 6.07) is 4.48. The van der Waals surface area contributed by atoms with Crippen LogP contribution in [0.25, 0.3) is 0 Å². The number of aromatic nitrogens is 1. The Morgan fingerprint density at radius 1 is 1.22 bits per heavy atom. The highest BCUT2D eigenvalue weighted by atomic mass is 79.9. The van der Waals surface area contributed by atoms with Crippen molar-refractivity contribution in [3.05, 3.63) is 49.9 Å². The van der Waals surface area contributed by atoms with Gasteiger partial charge in [0.05, 0.1) is 0 Å². The van der Waals surface area contributed by atoms with Crippen molar-refractivity contribution in [3.8, 4) is 0 Å². The molecular weight excluding hydrogens is 308 g/mol. The minimum atomic E-state index is 0.870. The lowest BCUT2D eigenvalue weighted by Gasteiger charge is -2.03. The van der Waals surface area contributed by atoms with Crippen LogP contribution in [-0.2, 0) is 25.9 Å². The molecule has 2 aromatic heterocycles. The van der Waals surface area contributed by atoms with Crippen molar-refractivity contribution in [2.75, 3.05) is 0 Å². The number of aryl methyl sites for hydroxylation is 2. The molecule has 1 N–H and O–H groups in total. The molecule has 0 aliphatic heterocycles. The number of pyridine rings is 1. The van der Waals surface area contributed by atoms with E-state index in [0.29, 0.717) is 0 Å². The zero-order valence-corrected chi connectivity index (χ0v) is 12.5. The molecule has 3 rings (SSSR count). The van der Waals surface area contributed by atoms with E-state index >= 15 is 0 Å². The van der Waals surface area contributed by atoms with Crippen molar-refractivity contribution in [1.29, 1.82) is 0 Å². The van der Waals surface area contributed by atoms with Crippen LogP contribution in [0.5, 0.6) is 0 Å². The highest BCUT2D eigenvalue weighted by Gasteiger charge is 2.14. The number of fused-ring (bicyclic) bond motifs is 1. The van der Waals surface area contributed by atoms with Gasteiger partial charge in [-0.3, -0.25) is 4.98 Å². The zero-order valence-electron chi connectivity index (χ0n) is 10.1. The molecule has 2 nitrogen and oxygen atoms in total. The minimum Gasteiger partial charge on any atom is -0.308 e. The van der Waals surface area contributed by atoms with Crippen LogP contribution in [0.15, 0.2) is 29.0 Å². The highest BCUT2D eigenvalue weighted by Crippen LogP contribution is 2.30. The van der Waals surface area contributed by atoms with E-state index in [9.17, 15) is 0 Å². The maximum absolute atomic E-state index is 4.17. The first-order chi connectivity index (χ1) is 8.81. The fourth-order valence-electron chi connectivity index (χ4n) is 2.36. The molecular formula is C14H15BrN2S. The Labute approximate surface area is 120 Å². The molecule has 2 heterocycles. The fourth-order valence-corrected chi connectivity index (χ4v) is 4.00. The zero-order chi connectivity index (χ0) is 12.4. The van der Waals surface area contributed by atoms with Gasteiger partial charge in [0.15, 0.2) is 0 Å². The average molecular weight is 323 g/mol. The molecule has 18 heavy (non-hydrogen) atoms. The third-order valence-corrected chi connectivity index (χ3v) is 4.86. The van der Waals surface area contributed by atoms with Crippen LogP contribution >= 0.6 is 27.3 Å². The average Bonchev–Trinajstić information content (AvgIpc) is 2.89. The minimum absolute atomic E-state index is 0.870. The molecule has 2 aromatic rings. The summed E-state index contributed by atoms with van der Waals surface area (Å²) < 4.78 is 1.04. The van der Waals surface area contributed by atoms with Crippen molar-refractivity contribution >= 4 is 27.3 Å². The summed E-state index contributed by atoms with van der Waals surface area (Å²) in [6.45, 7) is 1.83. The molecule has 1 aliphatic rings. The Morgan fingerprint density at radius 3 is 3.00 bits per heavy atom. The lowest BCUT2D eigenvalue weighted by molar-refractivity contribution is 0.698. The lowest BCUT2D eigenvalue weighted by atomic mass is 10.2. The fraction of sp³-hybridized carbons (Fsp3) is 0.357. The number of rotatable bonds is 4. The van der Waals surface area contributed by atoms with Gasteiger partial charge >= 0.3 is 0 Å². The molecule has 0 unspecified atom stereocenters. The van der Waals surface area contributed by atoms with Gasteiger partial charge in [-0.2, -0.15) is 0 Å². The normalized spacial score (nSPS) is 13.8. The molecule has 0 spiro atoms. The second-order valence-electron chi connectivity index (χ2n) is 4.63. The second-order valence-corrected chi connectivity index (χ2v) is 6.77. The van der Waals surface area contributed by atoms with Gasteiger partial charge in [-0.15, -0.1) is 11.3 Å². The van der Waals surface area contributed by atoms with Crippen molar-refractivity contribution in [2.24, 2.45) is 0 Å². The molecule has 0 atom stereocenters. The Bertz CT molecular complexity index is 529. The summed E-state index contributed by atoms with van der Waals surface area (Å²) in [4.78, 5) is 7.23. The number of nitrogens with zero attached hydrogens (tertiary/aromatic N) is 1. The molecule has 0 radical (unpaired) electrons. The molecule has 0 saturated heterocycles. The Hall–Kier alpha value is -0.710. The van der Waals surface area contributed by atoms with Crippen molar-refractivity contribution < 1.29 is 0 Å². The number of nitrogens with one attached hydrogen (secondary N) is 1. The molecule has 1 aliphatic carbocycles. The van der Waals surface area contributed by atoms with E-state index < -0.39 is 0 Å². The Morgan fingerprint density at radius 2 is 2.17 bits per heavy atom. The lowest BCUT2D eigenvalue weighted by Crippen LogP contribution is -2.11. The van der Waals surface area contributed by atoms with Gasteiger partial charge in [-0.1, -0.05) is 0 Å². The number of hydrogen-bond acceptors (Lipinski definition) is 3. The molecule has 94 valence electrons. The van der Waals surface area contributed by atoms with Gasteiger partial charge in [0.25, 0.3) is 0 Å². The van der Waals surface area contributed by atoms with E-state index in [-0.39, 0.29) is 0 Å². The van der Waals surface area contributed by atoms with Crippen LogP contribution in [0.1, 0.15) is 27.3 Å². The predicted molar refractivity (Wildman–Crippen MR) is 78.8 cm³/mol. The van der Waals surface area contributed by atoms with Gasteiger partial charge < -0.3 is 5.32 Å². The first-order valence-corrected chi connectivity index (χ1v) is 7.83. The largest absolute Gasteiger partial charge is 0.308 e. The van der Waals surface area contributed by atoms with Crippen LogP contribution in [0, 0.1) is 0 Å². The first kappa shape index (κ1) is 12.3. The van der Waals surface area contributed by atoms with E-state index in [1.807, 2.05) is 23.7 Å². The van der Waals surface area contributed by atoms with Crippen LogP contribution in [0.2, 0.25) is 0 Å². The van der Waals surface area contributed by atoms with E-state index in [1.165, 1.54) is 29.7 Å². The highest BCUT2D eigenvalue weighted by molar-refractivity contribution is 9.10. The third kappa shape index (κ3) is 2.82. The molecule has 0 bridgehead atoms. The van der Waals surface area contributed by atoms with Gasteiger partial charge in [0.2, 0.25) is 0 Å². The van der Waals surface area contributed by atoms with Gasteiger partial charge in [0.1, 0.15) is 0 Å². The summed E-state index contributed by atoms with van der Waals surface area (Å²) in [5, 5.41) is 3.48. The summed E-state index contributed by atoms with van der Waals surface area (Å²) in [6.07, 6.45) is 7.63. The van der Waals surface area contributed by atoms with Crippen molar-refractivity contribution in [2.45, 2.75) is 32.4 Å². The summed E-state index contributed by atoms with van der Waals surface area (Å²) in [7, 11) is 0. The maximum atomic E-state index is 4.17.